The lowest BCUT2D eigenvalue weighted by molar-refractivity contribution is -0.384. The summed E-state index contributed by atoms with van der Waals surface area (Å²) in [4.78, 5) is 36.3. The van der Waals surface area contributed by atoms with Crippen molar-refractivity contribution < 1.29 is 28.0 Å². The molecule has 1 fully saturated rings. The predicted molar refractivity (Wildman–Crippen MR) is 134 cm³/mol. The number of likely N-dealkylation sites (tertiary alicyclic amines) is 1. The van der Waals surface area contributed by atoms with E-state index in [0.29, 0.717) is 18.7 Å². The van der Waals surface area contributed by atoms with Gasteiger partial charge < -0.3 is 21.1 Å². The predicted octanol–water partition coefficient (Wildman–Crippen LogP) is 0.904. The minimum atomic E-state index is -4.44. The highest BCUT2D eigenvalue weighted by Crippen LogP contribution is 2.19. The summed E-state index contributed by atoms with van der Waals surface area (Å²) in [5, 5.41) is 30.7. The largest absolute Gasteiger partial charge is 0.478 e. The Morgan fingerprint density at radius 2 is 1.89 bits per heavy atom. The van der Waals surface area contributed by atoms with Crippen LogP contribution in [0.3, 0.4) is 0 Å². The summed E-state index contributed by atoms with van der Waals surface area (Å²) in [7, 11) is -4.44. The number of carboxylic acids is 1. The third-order valence-electron chi connectivity index (χ3n) is 6.03. The Bertz CT molecular complexity index is 1280. The molecule has 1 saturated heterocycles. The number of rotatable bonds is 10. The van der Waals surface area contributed by atoms with Crippen LogP contribution in [0.15, 0.2) is 53.4 Å². The van der Waals surface area contributed by atoms with Crippen molar-refractivity contribution >= 4 is 33.5 Å². The number of benzene rings is 2. The Hall–Kier alpha value is -4.04. The molecule has 1 amide bonds. The summed E-state index contributed by atoms with van der Waals surface area (Å²) < 4.78 is 28.6. The van der Waals surface area contributed by atoms with Crippen LogP contribution in [0.2, 0.25) is 0 Å². The highest BCUT2D eigenvalue weighted by molar-refractivity contribution is 7.89. The van der Waals surface area contributed by atoms with Gasteiger partial charge in [-0.15, -0.1) is 0 Å². The second kappa shape index (κ2) is 11.8. The number of sulfonamides is 1. The summed E-state index contributed by atoms with van der Waals surface area (Å²) in [5.41, 5.74) is 5.42. The Labute approximate surface area is 213 Å². The molecule has 0 saturated carbocycles. The van der Waals surface area contributed by atoms with E-state index in [-0.39, 0.29) is 30.5 Å². The molecule has 1 aliphatic rings. The van der Waals surface area contributed by atoms with Gasteiger partial charge in [0.15, 0.2) is 5.96 Å². The lowest BCUT2D eigenvalue weighted by atomic mass is 9.98. The van der Waals surface area contributed by atoms with Crippen molar-refractivity contribution in [1.82, 2.24) is 14.9 Å². The van der Waals surface area contributed by atoms with Gasteiger partial charge in [-0.1, -0.05) is 24.3 Å². The van der Waals surface area contributed by atoms with E-state index in [9.17, 15) is 33.2 Å². The van der Waals surface area contributed by atoms with Crippen LogP contribution in [-0.2, 0) is 21.2 Å². The first kappa shape index (κ1) is 27.5. The first-order valence-corrected chi connectivity index (χ1v) is 12.9. The van der Waals surface area contributed by atoms with E-state index in [1.54, 1.807) is 4.90 Å². The maximum Gasteiger partial charge on any atom is 0.337 e. The molecule has 37 heavy (non-hydrogen) atoms. The van der Waals surface area contributed by atoms with Crippen LogP contribution in [0.25, 0.3) is 0 Å². The second-order valence-corrected chi connectivity index (χ2v) is 10.4. The number of nitro groups is 1. The summed E-state index contributed by atoms with van der Waals surface area (Å²) in [6.07, 6.45) is 1.43. The third-order valence-corrected chi connectivity index (χ3v) is 7.56. The molecule has 14 heteroatoms. The van der Waals surface area contributed by atoms with Crippen LogP contribution in [0.5, 0.6) is 0 Å². The van der Waals surface area contributed by atoms with Gasteiger partial charge in [-0.05, 0) is 42.9 Å². The fraction of sp³-hybridized carbons (Fsp3) is 0.348. The topological polar surface area (TPSA) is 209 Å². The number of carbonyl (C=O) groups excluding carboxylic acids is 1. The number of guanidine groups is 1. The molecule has 0 spiro atoms. The maximum absolute atomic E-state index is 13.2. The van der Waals surface area contributed by atoms with Gasteiger partial charge in [-0.2, -0.15) is 4.72 Å². The molecule has 1 heterocycles. The number of non-ortho nitro benzene ring substituents is 1. The SMILES string of the molecule is N=C(N)N1CCC[C@H](CNC(=O)[C@@H](Cc2ccc([N+](=O)[O-])cc2)NS(=O)(=O)c2ccccc2C(=O)O)C1. The van der Waals surface area contributed by atoms with Crippen LogP contribution in [0.1, 0.15) is 28.8 Å². The molecule has 0 unspecified atom stereocenters. The molecule has 0 aromatic heterocycles. The van der Waals surface area contributed by atoms with Crippen molar-refractivity contribution in [3.05, 3.63) is 69.8 Å². The molecule has 13 nitrogen and oxygen atoms in total. The number of nitrogens with zero attached hydrogens (tertiary/aromatic N) is 2. The highest BCUT2D eigenvalue weighted by atomic mass is 32.2. The molecule has 198 valence electrons. The molecule has 1 aliphatic heterocycles. The van der Waals surface area contributed by atoms with Crippen molar-refractivity contribution in [2.75, 3.05) is 19.6 Å². The van der Waals surface area contributed by atoms with Gasteiger partial charge in [0.1, 0.15) is 6.04 Å². The van der Waals surface area contributed by atoms with E-state index in [2.05, 4.69) is 10.0 Å². The lowest BCUT2D eigenvalue weighted by Gasteiger charge is -2.33. The lowest BCUT2D eigenvalue weighted by Crippen LogP contribution is -2.51. The molecule has 2 atom stereocenters. The number of aromatic carboxylic acids is 1. The number of carboxylic acid groups (broad SMARTS) is 1. The van der Waals surface area contributed by atoms with E-state index in [4.69, 9.17) is 11.1 Å². The number of carbonyl (C=O) groups is 2. The quantitative estimate of drug-likeness (QED) is 0.127. The fourth-order valence-corrected chi connectivity index (χ4v) is 5.52. The fourth-order valence-electron chi connectivity index (χ4n) is 4.12. The zero-order chi connectivity index (χ0) is 27.2. The maximum atomic E-state index is 13.2. The molecule has 0 bridgehead atoms. The number of hydrogen-bond acceptors (Lipinski definition) is 7. The summed E-state index contributed by atoms with van der Waals surface area (Å²) in [6, 6.07) is 9.04. The Kier molecular flexibility index (Phi) is 8.78. The molecular weight excluding hydrogens is 504 g/mol. The van der Waals surface area contributed by atoms with Crippen molar-refractivity contribution in [2.45, 2.75) is 30.2 Å². The number of piperidine rings is 1. The highest BCUT2D eigenvalue weighted by Gasteiger charge is 2.30. The number of nitro benzene ring substituents is 1. The summed E-state index contributed by atoms with van der Waals surface area (Å²) in [5.74, 6) is -2.15. The zero-order valence-corrected chi connectivity index (χ0v) is 20.6. The molecule has 0 aliphatic carbocycles. The standard InChI is InChI=1S/C23H28N6O7S/c24-23(25)28-11-3-4-16(14-28)13-26-21(30)19(12-15-7-9-17(10-8-15)29(33)34)27-37(35,36)20-6-2-1-5-18(20)22(31)32/h1-2,5-10,16,19,27H,3-4,11-14H2,(H3,24,25)(H,26,30)(H,31,32)/t16-,19-/m1/s1. The van der Waals surface area contributed by atoms with E-state index in [1.165, 1.54) is 36.4 Å². The van der Waals surface area contributed by atoms with Crippen molar-refractivity contribution in [3.63, 3.8) is 0 Å². The van der Waals surface area contributed by atoms with Crippen LogP contribution >= 0.6 is 0 Å². The van der Waals surface area contributed by atoms with Gasteiger partial charge in [0.25, 0.3) is 5.69 Å². The van der Waals surface area contributed by atoms with Crippen LogP contribution < -0.4 is 15.8 Å². The van der Waals surface area contributed by atoms with Gasteiger partial charge >= 0.3 is 5.97 Å². The van der Waals surface area contributed by atoms with Gasteiger partial charge in [0, 0.05) is 31.8 Å². The van der Waals surface area contributed by atoms with E-state index in [1.807, 2.05) is 0 Å². The monoisotopic (exact) mass is 532 g/mol. The Morgan fingerprint density at radius 3 is 2.51 bits per heavy atom. The van der Waals surface area contributed by atoms with Crippen LogP contribution in [-0.4, -0.2) is 66.9 Å². The summed E-state index contributed by atoms with van der Waals surface area (Å²) >= 11 is 0. The van der Waals surface area contributed by atoms with Crippen molar-refractivity contribution in [3.8, 4) is 0 Å². The number of nitrogens with two attached hydrogens (primary N) is 1. The van der Waals surface area contributed by atoms with E-state index >= 15 is 0 Å². The molecule has 2 aromatic rings. The first-order chi connectivity index (χ1) is 17.5. The normalized spacial score (nSPS) is 16.5. The van der Waals surface area contributed by atoms with E-state index in [0.717, 1.165) is 25.0 Å². The van der Waals surface area contributed by atoms with E-state index < -0.39 is 43.3 Å². The van der Waals surface area contributed by atoms with Gasteiger partial charge in [-0.25, -0.2) is 13.2 Å². The first-order valence-electron chi connectivity index (χ1n) is 11.4. The number of amides is 1. The van der Waals surface area contributed by atoms with Crippen LogP contribution in [0, 0.1) is 21.4 Å². The average molecular weight is 533 g/mol. The number of nitrogens with one attached hydrogen (secondary N) is 3. The van der Waals surface area contributed by atoms with Crippen molar-refractivity contribution in [1.29, 1.82) is 5.41 Å². The molecule has 6 N–H and O–H groups in total. The molecule has 0 radical (unpaired) electrons. The van der Waals surface area contributed by atoms with Gasteiger partial charge in [0.2, 0.25) is 15.9 Å². The second-order valence-electron chi connectivity index (χ2n) is 8.69. The molecule has 2 aromatic carbocycles. The van der Waals surface area contributed by atoms with Crippen molar-refractivity contribution in [2.24, 2.45) is 11.7 Å². The molecular formula is C23H28N6O7S. The van der Waals surface area contributed by atoms with Gasteiger partial charge in [-0.3, -0.25) is 20.3 Å². The minimum absolute atomic E-state index is 0.00836. The zero-order valence-electron chi connectivity index (χ0n) is 19.8. The van der Waals surface area contributed by atoms with Crippen LogP contribution in [0.4, 0.5) is 5.69 Å². The Morgan fingerprint density at radius 1 is 1.22 bits per heavy atom. The number of hydrogen-bond donors (Lipinski definition) is 5. The molecule has 3 rings (SSSR count). The Balaban J connectivity index is 1.82. The third kappa shape index (κ3) is 7.24. The smallest absolute Gasteiger partial charge is 0.337 e. The minimum Gasteiger partial charge on any atom is -0.478 e. The average Bonchev–Trinajstić information content (AvgIpc) is 2.87. The summed E-state index contributed by atoms with van der Waals surface area (Å²) in [6.45, 7) is 1.33. The van der Waals surface area contributed by atoms with Gasteiger partial charge in [0.05, 0.1) is 15.4 Å².